The summed E-state index contributed by atoms with van der Waals surface area (Å²) in [6, 6.07) is 17.0. The van der Waals surface area contributed by atoms with Gasteiger partial charge >= 0.3 is 0 Å². The average molecular weight is 351 g/mol. The third kappa shape index (κ3) is 2.73. The monoisotopic (exact) mass is 350 g/mol. The van der Waals surface area contributed by atoms with Crippen LogP contribution in [0.25, 0.3) is 0 Å². The quantitative estimate of drug-likeness (QED) is 0.845. The van der Waals surface area contributed by atoms with Gasteiger partial charge in [0.15, 0.2) is 5.72 Å². The molecule has 25 heavy (non-hydrogen) atoms. The molecule has 1 unspecified atom stereocenters. The van der Waals surface area contributed by atoms with Crippen molar-refractivity contribution in [2.75, 3.05) is 13.1 Å². The van der Waals surface area contributed by atoms with Crippen LogP contribution in [0.2, 0.25) is 19.6 Å². The van der Waals surface area contributed by atoms with E-state index in [1.807, 2.05) is 6.07 Å². The molecule has 130 valence electrons. The maximum atomic E-state index is 11.7. The van der Waals surface area contributed by atoms with Crippen LogP contribution in [-0.4, -0.2) is 37.0 Å². The Balaban J connectivity index is 1.81. The summed E-state index contributed by atoms with van der Waals surface area (Å²) in [5, 5.41) is 13.2. The van der Waals surface area contributed by atoms with Crippen LogP contribution >= 0.6 is 0 Å². The number of aliphatic hydroxyl groups is 1. The molecule has 0 radical (unpaired) electrons. The Bertz CT molecular complexity index is 823. The van der Waals surface area contributed by atoms with Gasteiger partial charge in [0.25, 0.3) is 0 Å². The lowest BCUT2D eigenvalue weighted by Crippen LogP contribution is -2.56. The van der Waals surface area contributed by atoms with E-state index in [9.17, 15) is 5.11 Å². The maximum absolute atomic E-state index is 11.7. The Morgan fingerprint density at radius 3 is 2.48 bits per heavy atom. The molecule has 0 bridgehead atoms. The van der Waals surface area contributed by atoms with E-state index < -0.39 is 13.8 Å². The van der Waals surface area contributed by atoms with Gasteiger partial charge < -0.3 is 10.0 Å². The van der Waals surface area contributed by atoms with E-state index in [-0.39, 0.29) is 0 Å². The third-order valence-corrected chi connectivity index (χ3v) is 7.48. The van der Waals surface area contributed by atoms with Gasteiger partial charge in [0.1, 0.15) is 5.84 Å². The number of rotatable bonds is 2. The lowest BCUT2D eigenvalue weighted by Gasteiger charge is -2.47. The summed E-state index contributed by atoms with van der Waals surface area (Å²) in [7, 11) is -1.34. The van der Waals surface area contributed by atoms with Crippen molar-refractivity contribution in [2.24, 2.45) is 4.99 Å². The van der Waals surface area contributed by atoms with E-state index in [4.69, 9.17) is 4.99 Å². The van der Waals surface area contributed by atoms with Crippen molar-refractivity contribution in [3.8, 4) is 0 Å². The van der Waals surface area contributed by atoms with Gasteiger partial charge in [-0.15, -0.1) is 0 Å². The van der Waals surface area contributed by atoms with Gasteiger partial charge in [-0.1, -0.05) is 73.4 Å². The minimum absolute atomic E-state index is 0.606. The molecule has 0 saturated heterocycles. The lowest BCUT2D eigenvalue weighted by atomic mass is 9.85. The number of aliphatic imine (C=N–C) groups is 1. The highest BCUT2D eigenvalue weighted by atomic mass is 28.3. The van der Waals surface area contributed by atoms with Crippen LogP contribution in [-0.2, 0) is 12.1 Å². The maximum Gasteiger partial charge on any atom is 0.169 e. The number of amidine groups is 1. The predicted octanol–water partition coefficient (Wildman–Crippen LogP) is 3.09. The first-order valence-corrected chi connectivity index (χ1v) is 12.6. The van der Waals surface area contributed by atoms with Crippen molar-refractivity contribution in [1.82, 2.24) is 4.90 Å². The molecular formula is C21H26N2OSi. The molecule has 0 spiro atoms. The van der Waals surface area contributed by atoms with Gasteiger partial charge in [-0.3, -0.25) is 4.99 Å². The second-order valence-electron chi connectivity index (χ2n) is 8.19. The second-order valence-corrected chi connectivity index (χ2v) is 13.3. The van der Waals surface area contributed by atoms with E-state index in [0.717, 1.165) is 30.9 Å². The lowest BCUT2D eigenvalue weighted by molar-refractivity contribution is -0.0819. The number of nitrogens with zero attached hydrogens (tertiary/aromatic N) is 2. The Morgan fingerprint density at radius 1 is 1.04 bits per heavy atom. The number of fused-ring (bicyclic) bond motifs is 3. The smallest absolute Gasteiger partial charge is 0.169 e. The van der Waals surface area contributed by atoms with Gasteiger partial charge in [-0.05, 0) is 12.0 Å². The van der Waals surface area contributed by atoms with Crippen LogP contribution in [0.5, 0.6) is 0 Å². The van der Waals surface area contributed by atoms with Gasteiger partial charge in [0.2, 0.25) is 0 Å². The topological polar surface area (TPSA) is 35.8 Å². The first-order valence-electron chi connectivity index (χ1n) is 9.13. The molecule has 0 amide bonds. The summed E-state index contributed by atoms with van der Waals surface area (Å²) >= 11 is 0. The fourth-order valence-electron chi connectivity index (χ4n) is 3.94. The standard InChI is InChI=1S/C21H26N2OSi/c1-25(2,3)18-11-9-17(10-12-18)21(24)15-16-7-4-5-8-19(16)20-22-13-6-14-23(20)21/h4-5,7-12,24H,6,13-15H2,1-3H3. The van der Waals surface area contributed by atoms with Gasteiger partial charge in [0.05, 0.1) is 8.07 Å². The van der Waals surface area contributed by atoms with Crippen LogP contribution in [0.4, 0.5) is 0 Å². The van der Waals surface area contributed by atoms with Crippen molar-refractivity contribution in [1.29, 1.82) is 0 Å². The molecule has 0 saturated carbocycles. The van der Waals surface area contributed by atoms with Crippen molar-refractivity contribution >= 4 is 19.1 Å². The molecule has 2 aromatic rings. The minimum Gasteiger partial charge on any atom is -0.366 e. The molecule has 4 heteroatoms. The molecule has 2 aliphatic rings. The molecule has 4 rings (SSSR count). The van der Waals surface area contributed by atoms with Crippen molar-refractivity contribution in [3.63, 3.8) is 0 Å². The zero-order chi connectivity index (χ0) is 17.7. The molecular weight excluding hydrogens is 324 g/mol. The Kier molecular flexibility index (Phi) is 3.85. The Labute approximate surface area is 151 Å². The van der Waals surface area contributed by atoms with Crippen molar-refractivity contribution in [3.05, 3.63) is 65.2 Å². The number of hydrogen-bond acceptors (Lipinski definition) is 3. The average Bonchev–Trinajstić information content (AvgIpc) is 2.61. The fraction of sp³-hybridized carbons (Fsp3) is 0.381. The van der Waals surface area contributed by atoms with Gasteiger partial charge in [-0.2, -0.15) is 0 Å². The molecule has 0 aromatic heterocycles. The van der Waals surface area contributed by atoms with Crippen LogP contribution in [0.3, 0.4) is 0 Å². The Hall–Kier alpha value is -1.91. The first kappa shape index (κ1) is 16.5. The molecule has 2 aliphatic heterocycles. The third-order valence-electron chi connectivity index (χ3n) is 5.41. The van der Waals surface area contributed by atoms with Crippen LogP contribution in [0, 0.1) is 0 Å². The molecule has 0 aliphatic carbocycles. The normalized spacial score (nSPS) is 22.9. The number of benzene rings is 2. The van der Waals surface area contributed by atoms with Crippen LogP contribution in [0.15, 0.2) is 53.5 Å². The zero-order valence-corrected chi connectivity index (χ0v) is 16.3. The zero-order valence-electron chi connectivity index (χ0n) is 15.3. The summed E-state index contributed by atoms with van der Waals surface area (Å²) in [4.78, 5) is 6.87. The molecule has 0 fully saturated rings. The van der Waals surface area contributed by atoms with E-state index in [1.54, 1.807) is 0 Å². The molecule has 3 nitrogen and oxygen atoms in total. The molecule has 2 aromatic carbocycles. The summed E-state index contributed by atoms with van der Waals surface area (Å²) in [6.07, 6.45) is 1.59. The van der Waals surface area contributed by atoms with Crippen LogP contribution in [0.1, 0.15) is 23.1 Å². The molecule has 2 heterocycles. The summed E-state index contributed by atoms with van der Waals surface area (Å²) in [5.74, 6) is 0.949. The highest BCUT2D eigenvalue weighted by molar-refractivity contribution is 6.88. The van der Waals surface area contributed by atoms with Crippen molar-refractivity contribution < 1.29 is 5.11 Å². The number of hydrogen-bond donors (Lipinski definition) is 1. The largest absolute Gasteiger partial charge is 0.366 e. The summed E-state index contributed by atoms with van der Waals surface area (Å²) in [6.45, 7) is 8.74. The fourth-order valence-corrected chi connectivity index (χ4v) is 5.11. The van der Waals surface area contributed by atoms with Gasteiger partial charge in [-0.25, -0.2) is 0 Å². The second kappa shape index (κ2) is 5.82. The Morgan fingerprint density at radius 2 is 1.76 bits per heavy atom. The van der Waals surface area contributed by atoms with E-state index >= 15 is 0 Å². The minimum atomic E-state index is -1.34. The van der Waals surface area contributed by atoms with Gasteiger partial charge in [0, 0.05) is 30.6 Å². The van der Waals surface area contributed by atoms with Crippen molar-refractivity contribution in [2.45, 2.75) is 38.2 Å². The highest BCUT2D eigenvalue weighted by Crippen LogP contribution is 2.38. The van der Waals surface area contributed by atoms with Crippen LogP contribution < -0.4 is 5.19 Å². The molecule has 1 atom stereocenters. The SMILES string of the molecule is C[Si](C)(C)c1ccc(C2(O)Cc3ccccc3C3=NCCCN32)cc1. The predicted molar refractivity (Wildman–Crippen MR) is 106 cm³/mol. The highest BCUT2D eigenvalue weighted by Gasteiger charge is 2.44. The molecule has 1 N–H and O–H groups in total. The first-order chi connectivity index (χ1) is 11.9. The van der Waals surface area contributed by atoms with E-state index in [2.05, 4.69) is 67.0 Å². The summed E-state index contributed by atoms with van der Waals surface area (Å²) in [5.41, 5.74) is 2.31. The van der Waals surface area contributed by atoms with E-state index in [0.29, 0.717) is 6.42 Å². The van der Waals surface area contributed by atoms with E-state index in [1.165, 1.54) is 16.3 Å². The summed E-state index contributed by atoms with van der Waals surface area (Å²) < 4.78 is 0.